The van der Waals surface area contributed by atoms with Gasteiger partial charge in [0.25, 0.3) is 0 Å². The summed E-state index contributed by atoms with van der Waals surface area (Å²) in [6, 6.07) is 11.4. The summed E-state index contributed by atoms with van der Waals surface area (Å²) in [5.74, 6) is 1.49. The highest BCUT2D eigenvalue weighted by Gasteiger charge is 2.19. The molecule has 0 aliphatic carbocycles. The summed E-state index contributed by atoms with van der Waals surface area (Å²) in [5.41, 5.74) is 2.36. The Balaban J connectivity index is 2.15. The molecule has 0 saturated heterocycles. The molecule has 0 amide bonds. The molecule has 0 aliphatic rings. The molecule has 1 heterocycles. The molecule has 0 N–H and O–H groups in total. The number of aromatic nitrogens is 1. The maximum Gasteiger partial charge on any atom is 0.354 e. The first-order valence-corrected chi connectivity index (χ1v) is 9.90. The molecule has 134 valence electrons. The molecule has 25 heavy (non-hydrogen) atoms. The smallest absolute Gasteiger partial charge is 0.350 e. The van der Waals surface area contributed by atoms with E-state index in [1.807, 2.05) is 41.9 Å². The average Bonchev–Trinajstić information content (AvgIpc) is 2.96. The minimum absolute atomic E-state index is 0.0410. The van der Waals surface area contributed by atoms with Gasteiger partial charge < -0.3 is 13.6 Å². The number of carbonyl (C=O) groups excluding carboxylic acids is 1. The van der Waals surface area contributed by atoms with Crippen LogP contribution in [0.25, 0.3) is 6.08 Å². The van der Waals surface area contributed by atoms with Gasteiger partial charge in [-0.15, -0.1) is 0 Å². The van der Waals surface area contributed by atoms with Crippen LogP contribution >= 0.6 is 7.60 Å². The summed E-state index contributed by atoms with van der Waals surface area (Å²) in [6.45, 7) is 4.13. The highest BCUT2D eigenvalue weighted by Crippen LogP contribution is 2.50. The maximum atomic E-state index is 12.5. The Morgan fingerprint density at radius 2 is 1.80 bits per heavy atom. The minimum atomic E-state index is -3.25. The van der Waals surface area contributed by atoms with Gasteiger partial charge in [-0.3, -0.25) is 9.36 Å². The Morgan fingerprint density at radius 1 is 1.16 bits per heavy atom. The third kappa shape index (κ3) is 5.53. The van der Waals surface area contributed by atoms with E-state index in [1.54, 1.807) is 32.2 Å². The third-order valence-corrected chi connectivity index (χ3v) is 5.37. The standard InChI is InChI=1S/C19H24NO4P/c1-4-23-25(22,24-5-2)12-11-18-14-17(15-20(18)3)19(21)13-16-9-7-6-8-10-16/h6-12,14-15H,4-5,13H2,1-3H3/b12-11+. The van der Waals surface area contributed by atoms with Crippen LogP contribution in [0.1, 0.15) is 35.5 Å². The fourth-order valence-electron chi connectivity index (χ4n) is 2.43. The van der Waals surface area contributed by atoms with Gasteiger partial charge in [-0.05, 0) is 31.6 Å². The van der Waals surface area contributed by atoms with Gasteiger partial charge in [0.15, 0.2) is 5.78 Å². The molecule has 1 aromatic heterocycles. The fraction of sp³-hybridized carbons (Fsp3) is 0.316. The lowest BCUT2D eigenvalue weighted by atomic mass is 10.1. The number of carbonyl (C=O) groups is 1. The third-order valence-electron chi connectivity index (χ3n) is 3.62. The highest BCUT2D eigenvalue weighted by atomic mass is 31.2. The molecule has 0 atom stereocenters. The normalized spacial score (nSPS) is 12.0. The van der Waals surface area contributed by atoms with E-state index in [9.17, 15) is 9.36 Å². The number of Topliss-reactive ketones (excluding diaryl/α,β-unsaturated/α-hetero) is 1. The summed E-state index contributed by atoms with van der Waals surface area (Å²) in [4.78, 5) is 12.4. The van der Waals surface area contributed by atoms with Gasteiger partial charge in [-0.25, -0.2) is 0 Å². The summed E-state index contributed by atoms with van der Waals surface area (Å²) >= 11 is 0. The topological polar surface area (TPSA) is 57.5 Å². The SMILES string of the molecule is CCOP(=O)(/C=C/c1cc(C(=O)Cc2ccccc2)cn1C)OCC. The van der Waals surface area contributed by atoms with E-state index in [1.165, 1.54) is 5.82 Å². The van der Waals surface area contributed by atoms with Gasteiger partial charge in [0.2, 0.25) is 0 Å². The molecule has 0 saturated carbocycles. The fourth-order valence-corrected chi connectivity index (χ4v) is 3.74. The van der Waals surface area contributed by atoms with Gasteiger partial charge >= 0.3 is 7.60 Å². The Hall–Kier alpha value is -1.94. The Labute approximate surface area is 148 Å². The van der Waals surface area contributed by atoms with Crippen molar-refractivity contribution in [3.05, 3.63) is 65.2 Å². The van der Waals surface area contributed by atoms with Crippen LogP contribution in [0.2, 0.25) is 0 Å². The predicted octanol–water partition coefficient (Wildman–Crippen LogP) is 4.69. The van der Waals surface area contributed by atoms with Gasteiger partial charge in [0.05, 0.1) is 13.2 Å². The number of nitrogens with zero attached hydrogens (tertiary/aromatic N) is 1. The number of aryl methyl sites for hydroxylation is 1. The largest absolute Gasteiger partial charge is 0.354 e. The van der Waals surface area contributed by atoms with E-state index >= 15 is 0 Å². The van der Waals surface area contributed by atoms with E-state index in [0.717, 1.165) is 11.3 Å². The number of benzene rings is 1. The van der Waals surface area contributed by atoms with Crippen molar-refractivity contribution in [3.63, 3.8) is 0 Å². The zero-order valence-corrected chi connectivity index (χ0v) is 15.7. The van der Waals surface area contributed by atoms with Crippen molar-refractivity contribution in [1.82, 2.24) is 4.57 Å². The predicted molar refractivity (Wildman–Crippen MR) is 99.8 cm³/mol. The van der Waals surface area contributed by atoms with Crippen LogP contribution in [0.4, 0.5) is 0 Å². The van der Waals surface area contributed by atoms with Crippen LogP contribution in [-0.4, -0.2) is 23.6 Å². The van der Waals surface area contributed by atoms with Crippen LogP contribution in [0.5, 0.6) is 0 Å². The summed E-state index contributed by atoms with van der Waals surface area (Å²) in [7, 11) is -1.41. The summed E-state index contributed by atoms with van der Waals surface area (Å²) < 4.78 is 24.8. The van der Waals surface area contributed by atoms with Crippen molar-refractivity contribution >= 4 is 19.5 Å². The number of ketones is 1. The molecule has 0 spiro atoms. The second kappa shape index (κ2) is 8.95. The first-order chi connectivity index (χ1) is 12.0. The zero-order valence-electron chi connectivity index (χ0n) is 14.8. The van der Waals surface area contributed by atoms with Crippen molar-refractivity contribution in [3.8, 4) is 0 Å². The van der Waals surface area contributed by atoms with Crippen LogP contribution < -0.4 is 0 Å². The summed E-state index contributed by atoms with van der Waals surface area (Å²) in [5, 5.41) is 0. The lowest BCUT2D eigenvalue weighted by molar-refractivity contribution is 0.0993. The molecule has 0 fully saturated rings. The first-order valence-electron chi connectivity index (χ1n) is 8.29. The molecular weight excluding hydrogens is 337 g/mol. The van der Waals surface area contributed by atoms with Crippen molar-refractivity contribution in [2.75, 3.05) is 13.2 Å². The van der Waals surface area contributed by atoms with E-state index < -0.39 is 7.60 Å². The summed E-state index contributed by atoms with van der Waals surface area (Å²) in [6.07, 6.45) is 3.80. The van der Waals surface area contributed by atoms with Crippen molar-refractivity contribution in [2.45, 2.75) is 20.3 Å². The van der Waals surface area contributed by atoms with Gasteiger partial charge in [-0.1, -0.05) is 30.3 Å². The molecule has 2 aromatic rings. The Morgan fingerprint density at radius 3 is 2.40 bits per heavy atom. The molecule has 0 radical (unpaired) electrons. The molecule has 5 nitrogen and oxygen atoms in total. The van der Waals surface area contributed by atoms with E-state index in [2.05, 4.69) is 0 Å². The van der Waals surface area contributed by atoms with E-state index in [4.69, 9.17) is 9.05 Å². The lowest BCUT2D eigenvalue weighted by Gasteiger charge is -2.12. The molecule has 0 bridgehead atoms. The monoisotopic (exact) mass is 361 g/mol. The highest BCUT2D eigenvalue weighted by molar-refractivity contribution is 7.57. The first kappa shape index (κ1) is 19.4. The quantitative estimate of drug-likeness (QED) is 0.480. The Bertz CT molecular complexity index is 770. The van der Waals surface area contributed by atoms with Crippen molar-refractivity contribution in [1.29, 1.82) is 0 Å². The van der Waals surface area contributed by atoms with Crippen LogP contribution in [0.3, 0.4) is 0 Å². The zero-order chi connectivity index (χ0) is 18.3. The maximum absolute atomic E-state index is 12.5. The second-order valence-electron chi connectivity index (χ2n) is 5.54. The molecule has 2 rings (SSSR count). The molecule has 6 heteroatoms. The van der Waals surface area contributed by atoms with E-state index in [-0.39, 0.29) is 5.78 Å². The number of hydrogen-bond donors (Lipinski definition) is 0. The molecule has 1 aromatic carbocycles. The minimum Gasteiger partial charge on any atom is -0.350 e. The molecule has 0 aliphatic heterocycles. The Kier molecular flexibility index (Phi) is 6.94. The van der Waals surface area contributed by atoms with Crippen molar-refractivity contribution in [2.24, 2.45) is 7.05 Å². The van der Waals surface area contributed by atoms with Crippen LogP contribution in [0, 0.1) is 0 Å². The van der Waals surface area contributed by atoms with Gasteiger partial charge in [0, 0.05) is 36.7 Å². The van der Waals surface area contributed by atoms with E-state index in [0.29, 0.717) is 25.2 Å². The van der Waals surface area contributed by atoms with Crippen LogP contribution in [0.15, 0.2) is 48.4 Å². The number of hydrogen-bond acceptors (Lipinski definition) is 4. The van der Waals surface area contributed by atoms with Crippen molar-refractivity contribution < 1.29 is 18.4 Å². The van der Waals surface area contributed by atoms with Gasteiger partial charge in [-0.2, -0.15) is 0 Å². The lowest BCUT2D eigenvalue weighted by Crippen LogP contribution is -2.02. The van der Waals surface area contributed by atoms with Gasteiger partial charge in [0.1, 0.15) is 0 Å². The second-order valence-corrected chi connectivity index (χ2v) is 7.44. The average molecular weight is 361 g/mol. The molecular formula is C19H24NO4P. The van der Waals surface area contributed by atoms with Crippen LogP contribution in [-0.2, 0) is 27.1 Å². The molecule has 0 unspecified atom stereocenters. The number of rotatable bonds is 9.